The maximum atomic E-state index is 11.9. The van der Waals surface area contributed by atoms with Crippen LogP contribution in [0.3, 0.4) is 0 Å². The molecule has 3 rings (SSSR count). The second-order valence-electron chi connectivity index (χ2n) is 6.11. The van der Waals surface area contributed by atoms with Crippen molar-refractivity contribution in [3.8, 4) is 11.4 Å². The Kier molecular flexibility index (Phi) is 4.81. The summed E-state index contributed by atoms with van der Waals surface area (Å²) in [6.45, 7) is 4.29. The number of pyridine rings is 1. The lowest BCUT2D eigenvalue weighted by molar-refractivity contribution is 0.0590. The fourth-order valence-electron chi connectivity index (χ4n) is 3.13. The number of methoxy groups -OCH3 is 1. The fraction of sp³-hybridized carbons (Fsp3) is 0.389. The largest absolute Gasteiger partial charge is 0.464 e. The topological polar surface area (TPSA) is 61.9 Å². The Balaban J connectivity index is 2.20. The summed E-state index contributed by atoms with van der Waals surface area (Å²) in [4.78, 5) is 16.1. The van der Waals surface area contributed by atoms with E-state index < -0.39 is 0 Å². The van der Waals surface area contributed by atoms with E-state index in [2.05, 4.69) is 18.8 Å². The normalized spacial score (nSPS) is 12.5. The number of ether oxygens (including phenoxy) is 1. The summed E-state index contributed by atoms with van der Waals surface area (Å²) in [6.07, 6.45) is 3.81. The van der Waals surface area contributed by atoms with Crippen molar-refractivity contribution in [2.45, 2.75) is 32.7 Å². The number of hydrogen-bond donors (Lipinski definition) is 0. The van der Waals surface area contributed by atoms with Gasteiger partial charge < -0.3 is 9.30 Å². The molecule has 7 heteroatoms. The smallest absolute Gasteiger partial charge is 0.354 e. The summed E-state index contributed by atoms with van der Waals surface area (Å²) < 4.78 is 8.61. The highest BCUT2D eigenvalue weighted by molar-refractivity contribution is 6.30. The van der Waals surface area contributed by atoms with Crippen LogP contribution in [-0.4, -0.2) is 32.4 Å². The molecule has 0 aromatic carbocycles. The first kappa shape index (κ1) is 17.5. The Morgan fingerprint density at radius 1 is 1.40 bits per heavy atom. The van der Waals surface area contributed by atoms with E-state index in [-0.39, 0.29) is 12.0 Å². The van der Waals surface area contributed by atoms with E-state index in [4.69, 9.17) is 21.4 Å². The molecular weight excluding hydrogens is 340 g/mol. The minimum Gasteiger partial charge on any atom is -0.464 e. The third-order valence-corrected chi connectivity index (χ3v) is 4.65. The van der Waals surface area contributed by atoms with Crippen LogP contribution in [0.4, 0.5) is 0 Å². The molecule has 6 nitrogen and oxygen atoms in total. The molecule has 0 saturated heterocycles. The van der Waals surface area contributed by atoms with Crippen LogP contribution in [0.15, 0.2) is 24.4 Å². The van der Waals surface area contributed by atoms with Crippen LogP contribution in [0.2, 0.25) is 5.15 Å². The molecule has 0 radical (unpaired) electrons. The molecule has 0 bridgehead atoms. The van der Waals surface area contributed by atoms with Gasteiger partial charge >= 0.3 is 5.97 Å². The first-order valence-corrected chi connectivity index (χ1v) is 8.63. The third kappa shape index (κ3) is 3.02. The molecule has 0 unspecified atom stereocenters. The first-order valence-electron chi connectivity index (χ1n) is 8.26. The number of esters is 1. The summed E-state index contributed by atoms with van der Waals surface area (Å²) in [5, 5.41) is 6.17. The first-order chi connectivity index (χ1) is 12.0. The van der Waals surface area contributed by atoms with Crippen LogP contribution in [0.5, 0.6) is 0 Å². The second kappa shape index (κ2) is 6.88. The average Bonchev–Trinajstić information content (AvgIpc) is 3.14. The summed E-state index contributed by atoms with van der Waals surface area (Å²) in [6, 6.07) is 5.69. The predicted octanol–water partition coefficient (Wildman–Crippen LogP) is 4.24. The summed E-state index contributed by atoms with van der Waals surface area (Å²) in [5.41, 5.74) is 3.03. The van der Waals surface area contributed by atoms with Gasteiger partial charge in [0.1, 0.15) is 16.5 Å². The molecule has 0 aliphatic rings. The summed E-state index contributed by atoms with van der Waals surface area (Å²) in [7, 11) is 3.20. The van der Waals surface area contributed by atoms with Gasteiger partial charge in [0.15, 0.2) is 0 Å². The molecule has 3 heterocycles. The highest BCUT2D eigenvalue weighted by atomic mass is 35.5. The van der Waals surface area contributed by atoms with Crippen molar-refractivity contribution in [3.63, 3.8) is 0 Å². The van der Waals surface area contributed by atoms with Crippen LogP contribution in [0.1, 0.15) is 43.2 Å². The lowest BCUT2D eigenvalue weighted by atomic mass is 10.2. The number of hydrogen-bond acceptors (Lipinski definition) is 4. The van der Waals surface area contributed by atoms with Gasteiger partial charge in [-0.1, -0.05) is 24.9 Å². The van der Waals surface area contributed by atoms with Crippen molar-refractivity contribution in [2.24, 2.45) is 7.05 Å². The van der Waals surface area contributed by atoms with Gasteiger partial charge in [-0.15, -0.1) is 0 Å². The molecule has 25 heavy (non-hydrogen) atoms. The average molecular weight is 361 g/mol. The zero-order valence-electron chi connectivity index (χ0n) is 14.8. The Bertz CT molecular complexity index is 929. The van der Waals surface area contributed by atoms with E-state index in [0.29, 0.717) is 10.8 Å². The molecule has 0 aliphatic carbocycles. The number of nitrogens with zero attached hydrogens (tertiary/aromatic N) is 4. The minimum absolute atomic E-state index is 0.236. The molecule has 0 amide bonds. The van der Waals surface area contributed by atoms with Crippen molar-refractivity contribution in [3.05, 3.63) is 35.2 Å². The quantitative estimate of drug-likeness (QED) is 0.504. The molecule has 132 valence electrons. The van der Waals surface area contributed by atoms with Gasteiger partial charge in [0.25, 0.3) is 0 Å². The molecular formula is C18H21ClN4O2. The molecule has 3 aromatic rings. The lowest BCUT2D eigenvalue weighted by Crippen LogP contribution is -2.09. The maximum Gasteiger partial charge on any atom is 0.354 e. The lowest BCUT2D eigenvalue weighted by Gasteiger charge is -2.12. The number of halogens is 1. The van der Waals surface area contributed by atoms with E-state index in [1.807, 2.05) is 23.9 Å². The third-order valence-electron chi connectivity index (χ3n) is 4.44. The predicted molar refractivity (Wildman–Crippen MR) is 97.9 cm³/mol. The SMILES string of the molecule is CCC[C@H](C)n1nc(-c2ccc(C(=O)OC)n2C)c2cnc(Cl)cc21. The highest BCUT2D eigenvalue weighted by Crippen LogP contribution is 2.32. The summed E-state index contributed by atoms with van der Waals surface area (Å²) in [5.74, 6) is -0.377. The number of rotatable bonds is 5. The number of fused-ring (bicyclic) bond motifs is 1. The number of aromatic nitrogens is 4. The van der Waals surface area contributed by atoms with Crippen molar-refractivity contribution in [1.82, 2.24) is 19.3 Å². The minimum atomic E-state index is -0.377. The van der Waals surface area contributed by atoms with Crippen LogP contribution < -0.4 is 0 Å². The van der Waals surface area contributed by atoms with E-state index >= 15 is 0 Å². The Morgan fingerprint density at radius 2 is 2.16 bits per heavy atom. The Hall–Kier alpha value is -2.34. The molecule has 0 aliphatic heterocycles. The van der Waals surface area contributed by atoms with E-state index in [1.165, 1.54) is 7.11 Å². The molecule has 1 atom stereocenters. The fourth-order valence-corrected chi connectivity index (χ4v) is 3.28. The zero-order valence-corrected chi connectivity index (χ0v) is 15.5. The van der Waals surface area contributed by atoms with Gasteiger partial charge in [-0.2, -0.15) is 5.10 Å². The van der Waals surface area contributed by atoms with Gasteiger partial charge in [0.05, 0.1) is 18.3 Å². The molecule has 0 spiro atoms. The van der Waals surface area contributed by atoms with Gasteiger partial charge in [0.2, 0.25) is 0 Å². The van der Waals surface area contributed by atoms with Crippen LogP contribution >= 0.6 is 11.6 Å². The van der Waals surface area contributed by atoms with Crippen molar-refractivity contribution >= 4 is 28.5 Å². The van der Waals surface area contributed by atoms with Gasteiger partial charge in [-0.25, -0.2) is 9.78 Å². The number of carbonyl (C=O) groups is 1. The van der Waals surface area contributed by atoms with E-state index in [9.17, 15) is 4.79 Å². The molecule has 0 saturated carbocycles. The van der Waals surface area contributed by atoms with Gasteiger partial charge in [-0.3, -0.25) is 4.68 Å². The van der Waals surface area contributed by atoms with Crippen LogP contribution in [0, 0.1) is 0 Å². The zero-order chi connectivity index (χ0) is 18.1. The number of carbonyl (C=O) groups excluding carboxylic acids is 1. The molecule has 3 aromatic heterocycles. The van der Waals surface area contributed by atoms with Crippen molar-refractivity contribution in [1.29, 1.82) is 0 Å². The van der Waals surface area contributed by atoms with Gasteiger partial charge in [-0.05, 0) is 25.5 Å². The second-order valence-corrected chi connectivity index (χ2v) is 6.50. The highest BCUT2D eigenvalue weighted by Gasteiger charge is 2.21. The molecule has 0 fully saturated rings. The van der Waals surface area contributed by atoms with E-state index in [1.54, 1.807) is 16.8 Å². The maximum absolute atomic E-state index is 11.9. The summed E-state index contributed by atoms with van der Waals surface area (Å²) >= 11 is 6.10. The van der Waals surface area contributed by atoms with Gasteiger partial charge in [0, 0.05) is 30.7 Å². The standard InChI is InChI=1S/C18H21ClN4O2/c1-5-6-11(2)23-15-9-16(19)20-10-12(15)17(21-23)13-7-8-14(22(13)3)18(24)25-4/h7-11H,5-6H2,1-4H3/t11-/m0/s1. The van der Waals surface area contributed by atoms with Crippen LogP contribution in [-0.2, 0) is 11.8 Å². The monoisotopic (exact) mass is 360 g/mol. The van der Waals surface area contributed by atoms with Crippen LogP contribution in [0.25, 0.3) is 22.3 Å². The molecule has 0 N–H and O–H groups in total. The Labute approximate surface area is 151 Å². The Morgan fingerprint density at radius 3 is 2.84 bits per heavy atom. The van der Waals surface area contributed by atoms with Crippen molar-refractivity contribution < 1.29 is 9.53 Å². The van der Waals surface area contributed by atoms with Crippen molar-refractivity contribution in [2.75, 3.05) is 7.11 Å². The van der Waals surface area contributed by atoms with E-state index in [0.717, 1.165) is 35.1 Å².